The Morgan fingerprint density at radius 2 is 2.00 bits per heavy atom. The third kappa shape index (κ3) is 4.55. The fourth-order valence-corrected chi connectivity index (χ4v) is 5.04. The van der Waals surface area contributed by atoms with Crippen molar-refractivity contribution >= 4 is 27.6 Å². The highest BCUT2D eigenvalue weighted by Crippen LogP contribution is 2.47. The van der Waals surface area contributed by atoms with Crippen molar-refractivity contribution in [3.63, 3.8) is 0 Å². The SMILES string of the molecule is CO[C@H](c1ncc(Cl)cn1)[C@H](C)S(=O)(=O)Nc1nnc(C2CCCCO2)n1C1(C)CC1. The number of halogens is 1. The van der Waals surface area contributed by atoms with E-state index >= 15 is 0 Å². The van der Waals surface area contributed by atoms with E-state index in [0.29, 0.717) is 17.5 Å². The molecule has 1 saturated heterocycles. The number of hydrogen-bond donors (Lipinski definition) is 1. The van der Waals surface area contributed by atoms with E-state index < -0.39 is 21.4 Å². The van der Waals surface area contributed by atoms with Crippen molar-refractivity contribution in [3.05, 3.63) is 29.1 Å². The van der Waals surface area contributed by atoms with E-state index in [4.69, 9.17) is 21.1 Å². The number of rotatable bonds is 8. The van der Waals surface area contributed by atoms with Gasteiger partial charge in [0, 0.05) is 31.6 Å². The van der Waals surface area contributed by atoms with Crippen molar-refractivity contribution < 1.29 is 17.9 Å². The molecule has 3 heterocycles. The lowest BCUT2D eigenvalue weighted by Crippen LogP contribution is -2.34. The van der Waals surface area contributed by atoms with Gasteiger partial charge in [-0.25, -0.2) is 18.4 Å². The molecule has 2 aromatic heterocycles. The highest BCUT2D eigenvalue weighted by molar-refractivity contribution is 7.93. The van der Waals surface area contributed by atoms with Crippen LogP contribution in [0.5, 0.6) is 0 Å². The third-order valence-corrected chi connectivity index (χ3v) is 7.86. The van der Waals surface area contributed by atoms with Gasteiger partial charge in [0.05, 0.1) is 5.02 Å². The predicted molar refractivity (Wildman–Crippen MR) is 114 cm³/mol. The van der Waals surface area contributed by atoms with Gasteiger partial charge in [-0.3, -0.25) is 9.29 Å². The summed E-state index contributed by atoms with van der Waals surface area (Å²) in [5.74, 6) is 1.11. The Labute approximate surface area is 186 Å². The van der Waals surface area contributed by atoms with Crippen LogP contribution in [0.2, 0.25) is 5.02 Å². The minimum absolute atomic E-state index is 0.177. The third-order valence-electron chi connectivity index (χ3n) is 5.97. The Morgan fingerprint density at radius 1 is 1.29 bits per heavy atom. The Bertz CT molecular complexity index is 1020. The van der Waals surface area contributed by atoms with Crippen molar-refractivity contribution in [2.45, 2.75) is 68.9 Å². The van der Waals surface area contributed by atoms with Crippen LogP contribution >= 0.6 is 11.6 Å². The zero-order chi connectivity index (χ0) is 22.2. The molecule has 1 aliphatic carbocycles. The first kappa shape index (κ1) is 22.4. The van der Waals surface area contributed by atoms with Gasteiger partial charge in [-0.1, -0.05) is 11.6 Å². The molecule has 0 bridgehead atoms. The van der Waals surface area contributed by atoms with E-state index in [-0.39, 0.29) is 23.4 Å². The summed E-state index contributed by atoms with van der Waals surface area (Å²) in [6.45, 7) is 4.28. The molecule has 1 N–H and O–H groups in total. The van der Waals surface area contributed by atoms with Gasteiger partial charge in [0.2, 0.25) is 16.0 Å². The predicted octanol–water partition coefficient (Wildman–Crippen LogP) is 2.99. The van der Waals surface area contributed by atoms with Crippen molar-refractivity contribution in [1.82, 2.24) is 24.7 Å². The van der Waals surface area contributed by atoms with E-state index in [9.17, 15) is 8.42 Å². The molecule has 1 aliphatic heterocycles. The zero-order valence-electron chi connectivity index (χ0n) is 17.8. The molecule has 2 aliphatic rings. The lowest BCUT2D eigenvalue weighted by Gasteiger charge is -2.26. The molecule has 1 unspecified atom stereocenters. The molecule has 4 rings (SSSR count). The maximum Gasteiger partial charge on any atom is 0.240 e. The number of sulfonamides is 1. The van der Waals surface area contributed by atoms with Crippen molar-refractivity contribution in [3.8, 4) is 0 Å². The zero-order valence-corrected chi connectivity index (χ0v) is 19.4. The van der Waals surface area contributed by atoms with Crippen LogP contribution in [0.4, 0.5) is 5.95 Å². The highest BCUT2D eigenvalue weighted by atomic mass is 35.5. The number of nitrogens with zero attached hydrogens (tertiary/aromatic N) is 5. The number of methoxy groups -OCH3 is 1. The van der Waals surface area contributed by atoms with Gasteiger partial charge in [0.25, 0.3) is 0 Å². The first-order valence-electron chi connectivity index (χ1n) is 10.3. The Kier molecular flexibility index (Phi) is 6.21. The molecule has 170 valence electrons. The van der Waals surface area contributed by atoms with Crippen LogP contribution in [0.3, 0.4) is 0 Å². The Balaban J connectivity index is 1.61. The number of hydrogen-bond acceptors (Lipinski definition) is 8. The van der Waals surface area contributed by atoms with Gasteiger partial charge >= 0.3 is 0 Å². The van der Waals surface area contributed by atoms with E-state index in [1.165, 1.54) is 19.5 Å². The maximum absolute atomic E-state index is 13.2. The monoisotopic (exact) mass is 470 g/mol. The van der Waals surface area contributed by atoms with Crippen LogP contribution < -0.4 is 4.72 Å². The lowest BCUT2D eigenvalue weighted by molar-refractivity contribution is 0.00617. The largest absolute Gasteiger partial charge is 0.372 e. The number of nitrogens with one attached hydrogen (secondary N) is 1. The van der Waals surface area contributed by atoms with Gasteiger partial charge in [-0.05, 0) is 46.0 Å². The van der Waals surface area contributed by atoms with Gasteiger partial charge in [0.15, 0.2) is 11.6 Å². The second-order valence-corrected chi connectivity index (χ2v) is 10.8. The smallest absolute Gasteiger partial charge is 0.240 e. The average Bonchev–Trinajstić information content (AvgIpc) is 3.36. The highest BCUT2D eigenvalue weighted by Gasteiger charge is 2.45. The summed E-state index contributed by atoms with van der Waals surface area (Å²) in [6, 6.07) is 0. The Hall–Kier alpha value is -1.82. The normalized spacial score (nSPS) is 22.6. The number of ether oxygens (including phenoxy) is 2. The summed E-state index contributed by atoms with van der Waals surface area (Å²) < 4.78 is 42.3. The van der Waals surface area contributed by atoms with Gasteiger partial charge in [-0.2, -0.15) is 0 Å². The topological polar surface area (TPSA) is 121 Å². The summed E-state index contributed by atoms with van der Waals surface area (Å²) >= 11 is 5.84. The molecular formula is C19H27ClN6O4S. The van der Waals surface area contributed by atoms with E-state index in [2.05, 4.69) is 31.8 Å². The van der Waals surface area contributed by atoms with Crippen LogP contribution in [0.25, 0.3) is 0 Å². The minimum Gasteiger partial charge on any atom is -0.372 e. The summed E-state index contributed by atoms with van der Waals surface area (Å²) in [7, 11) is -2.49. The minimum atomic E-state index is -3.91. The molecule has 2 fully saturated rings. The molecule has 3 atom stereocenters. The van der Waals surface area contributed by atoms with Crippen LogP contribution in [0.15, 0.2) is 12.4 Å². The van der Waals surface area contributed by atoms with Crippen LogP contribution in [0, 0.1) is 0 Å². The summed E-state index contributed by atoms with van der Waals surface area (Å²) in [6.07, 6.45) is 6.51. The molecule has 0 radical (unpaired) electrons. The van der Waals surface area contributed by atoms with Crippen LogP contribution in [0.1, 0.15) is 69.8 Å². The van der Waals surface area contributed by atoms with Gasteiger partial charge in [-0.15, -0.1) is 10.2 Å². The quantitative estimate of drug-likeness (QED) is 0.624. The van der Waals surface area contributed by atoms with Crippen molar-refractivity contribution in [2.75, 3.05) is 18.4 Å². The second kappa shape index (κ2) is 8.61. The molecule has 0 aromatic carbocycles. The molecule has 2 aromatic rings. The van der Waals surface area contributed by atoms with Gasteiger partial charge in [0.1, 0.15) is 17.5 Å². The van der Waals surface area contributed by atoms with Crippen LogP contribution in [-0.4, -0.2) is 52.1 Å². The molecular weight excluding hydrogens is 444 g/mol. The molecule has 31 heavy (non-hydrogen) atoms. The van der Waals surface area contributed by atoms with E-state index in [1.54, 1.807) is 6.92 Å². The van der Waals surface area contributed by atoms with E-state index in [1.807, 2.05) is 4.57 Å². The molecule has 1 saturated carbocycles. The molecule has 10 nitrogen and oxygen atoms in total. The summed E-state index contributed by atoms with van der Waals surface area (Å²) in [4.78, 5) is 8.23. The standard InChI is InChI=1S/C19H27ClN6O4S/c1-12(15(29-3)16-21-10-13(20)11-22-16)31(27,28)25-18-24-23-17(14-6-4-5-9-30-14)26(18)19(2)7-8-19/h10-12,14-15H,4-9H2,1-3H3,(H,24,25)/t12-,14?,15-/m0/s1. The number of anilines is 1. The van der Waals surface area contributed by atoms with E-state index in [0.717, 1.165) is 32.1 Å². The van der Waals surface area contributed by atoms with Crippen LogP contribution in [-0.2, 0) is 25.0 Å². The van der Waals surface area contributed by atoms with Gasteiger partial charge < -0.3 is 9.47 Å². The average molecular weight is 471 g/mol. The summed E-state index contributed by atoms with van der Waals surface area (Å²) in [5.41, 5.74) is -0.222. The summed E-state index contributed by atoms with van der Waals surface area (Å²) in [5, 5.41) is 7.86. The first-order chi connectivity index (χ1) is 14.7. The lowest BCUT2D eigenvalue weighted by atomic mass is 10.1. The molecule has 0 spiro atoms. The Morgan fingerprint density at radius 3 is 2.58 bits per heavy atom. The van der Waals surface area contributed by atoms with Crippen molar-refractivity contribution in [1.29, 1.82) is 0 Å². The first-order valence-corrected chi connectivity index (χ1v) is 12.3. The molecule has 12 heteroatoms. The maximum atomic E-state index is 13.2. The number of aromatic nitrogens is 5. The van der Waals surface area contributed by atoms with Crippen molar-refractivity contribution in [2.24, 2.45) is 0 Å². The fourth-order valence-electron chi connectivity index (χ4n) is 3.81. The fraction of sp³-hybridized carbons (Fsp3) is 0.684. The second-order valence-electron chi connectivity index (χ2n) is 8.34. The molecule has 0 amide bonds.